The van der Waals surface area contributed by atoms with Crippen molar-refractivity contribution < 1.29 is 0 Å². The van der Waals surface area contributed by atoms with E-state index in [1.54, 1.807) is 0 Å². The lowest BCUT2D eigenvalue weighted by atomic mass is 10.0. The summed E-state index contributed by atoms with van der Waals surface area (Å²) < 4.78 is 2.22. The fourth-order valence-electron chi connectivity index (χ4n) is 3.15. The zero-order valence-electron chi connectivity index (χ0n) is 13.3. The predicted octanol–water partition coefficient (Wildman–Crippen LogP) is 5.70. The topological polar surface area (TPSA) is 17.3 Å². The molecule has 2 heterocycles. The number of hydrogen-bond acceptors (Lipinski definition) is 1. The van der Waals surface area contributed by atoms with E-state index in [4.69, 9.17) is 28.2 Å². The Kier molecular flexibility index (Phi) is 3.95. The van der Waals surface area contributed by atoms with E-state index >= 15 is 0 Å². The van der Waals surface area contributed by atoms with Crippen molar-refractivity contribution in [2.24, 2.45) is 4.99 Å². The third-order valence-electron chi connectivity index (χ3n) is 4.37. The van der Waals surface area contributed by atoms with Crippen LogP contribution in [0, 0.1) is 0 Å². The van der Waals surface area contributed by atoms with Crippen molar-refractivity contribution in [1.29, 1.82) is 0 Å². The Labute approximate surface area is 151 Å². The molecular weight excluding hydrogens is 339 g/mol. The largest absolute Gasteiger partial charge is 0.318 e. The lowest BCUT2D eigenvalue weighted by molar-refractivity contribution is 0.924. The second kappa shape index (κ2) is 6.12. The van der Waals surface area contributed by atoms with Gasteiger partial charge in [0.1, 0.15) is 0 Å². The molecule has 0 fully saturated rings. The van der Waals surface area contributed by atoms with E-state index in [2.05, 4.69) is 29.8 Å². The normalized spacial score (nSPS) is 13.0. The first kappa shape index (κ1) is 15.5. The molecule has 1 aliphatic rings. The summed E-state index contributed by atoms with van der Waals surface area (Å²) in [6.45, 7) is 2.78. The van der Waals surface area contributed by atoms with Crippen molar-refractivity contribution in [2.75, 3.05) is 0 Å². The van der Waals surface area contributed by atoms with Crippen molar-refractivity contribution in [3.05, 3.63) is 87.2 Å². The van der Waals surface area contributed by atoms with E-state index in [0.29, 0.717) is 16.6 Å². The number of aromatic nitrogens is 1. The minimum Gasteiger partial charge on any atom is -0.318 e. The lowest BCUT2D eigenvalue weighted by Gasteiger charge is -2.13. The highest BCUT2D eigenvalue weighted by molar-refractivity contribution is 6.36. The number of rotatable bonds is 2. The zero-order chi connectivity index (χ0) is 16.7. The summed E-state index contributed by atoms with van der Waals surface area (Å²) in [5, 5.41) is 1.39. The zero-order valence-corrected chi connectivity index (χ0v) is 14.8. The molecule has 1 aliphatic heterocycles. The molecule has 2 nitrogen and oxygen atoms in total. The Morgan fingerprint density at radius 3 is 2.67 bits per heavy atom. The van der Waals surface area contributed by atoms with Crippen LogP contribution in [0.2, 0.25) is 10.0 Å². The van der Waals surface area contributed by atoms with Crippen LogP contribution in [0.5, 0.6) is 0 Å². The predicted molar refractivity (Wildman–Crippen MR) is 101 cm³/mol. The third kappa shape index (κ3) is 2.56. The number of halogens is 2. The molecule has 0 amide bonds. The SMILES string of the molecule is CCc1cc2n(c1)-c1ccc(Cl)cc1C(c1ccccc1Cl)=NC2. The van der Waals surface area contributed by atoms with Gasteiger partial charge in [-0.05, 0) is 42.3 Å². The van der Waals surface area contributed by atoms with Crippen molar-refractivity contribution in [3.8, 4) is 5.69 Å². The molecule has 0 bridgehead atoms. The molecule has 1 aromatic heterocycles. The van der Waals surface area contributed by atoms with Gasteiger partial charge in [0.25, 0.3) is 0 Å². The van der Waals surface area contributed by atoms with Crippen LogP contribution in [0.4, 0.5) is 0 Å². The van der Waals surface area contributed by atoms with E-state index in [1.807, 2.05) is 36.4 Å². The highest BCUT2D eigenvalue weighted by Gasteiger charge is 2.20. The van der Waals surface area contributed by atoms with Crippen molar-refractivity contribution in [2.45, 2.75) is 19.9 Å². The smallest absolute Gasteiger partial charge is 0.0803 e. The first-order chi connectivity index (χ1) is 11.7. The molecule has 3 aromatic rings. The first-order valence-corrected chi connectivity index (χ1v) is 8.72. The van der Waals surface area contributed by atoms with E-state index in [9.17, 15) is 0 Å². The van der Waals surface area contributed by atoms with E-state index in [-0.39, 0.29) is 0 Å². The molecular formula is C20H16Cl2N2. The Balaban J connectivity index is 1.98. The van der Waals surface area contributed by atoms with Crippen molar-refractivity contribution in [1.82, 2.24) is 4.57 Å². The van der Waals surface area contributed by atoms with Crippen molar-refractivity contribution in [3.63, 3.8) is 0 Å². The molecule has 2 aromatic carbocycles. The maximum atomic E-state index is 6.43. The van der Waals surface area contributed by atoms with Gasteiger partial charge in [-0.25, -0.2) is 0 Å². The molecule has 0 unspecified atom stereocenters. The fourth-order valence-corrected chi connectivity index (χ4v) is 3.54. The average Bonchev–Trinajstić information content (AvgIpc) is 2.94. The number of fused-ring (bicyclic) bond motifs is 3. The molecule has 0 saturated heterocycles. The Morgan fingerprint density at radius 1 is 1.04 bits per heavy atom. The van der Waals surface area contributed by atoms with Gasteiger partial charge in [-0.2, -0.15) is 0 Å². The van der Waals surface area contributed by atoms with E-state index in [1.165, 1.54) is 11.3 Å². The van der Waals surface area contributed by atoms with Crippen LogP contribution < -0.4 is 0 Å². The summed E-state index contributed by atoms with van der Waals surface area (Å²) in [6, 6.07) is 16.0. The van der Waals surface area contributed by atoms with Gasteiger partial charge in [0.05, 0.1) is 17.9 Å². The number of aryl methyl sites for hydroxylation is 1. The number of hydrogen-bond donors (Lipinski definition) is 0. The van der Waals surface area contributed by atoms with Crippen LogP contribution in [-0.4, -0.2) is 10.3 Å². The molecule has 0 atom stereocenters. The maximum Gasteiger partial charge on any atom is 0.0803 e. The Morgan fingerprint density at radius 2 is 1.88 bits per heavy atom. The molecule has 24 heavy (non-hydrogen) atoms. The van der Waals surface area contributed by atoms with Gasteiger partial charge in [-0.15, -0.1) is 0 Å². The van der Waals surface area contributed by atoms with Gasteiger partial charge >= 0.3 is 0 Å². The standard InChI is InChI=1S/C20H16Cl2N2/c1-2-13-9-15-11-23-20(16-5-3-4-6-18(16)22)17-10-14(21)7-8-19(17)24(15)12-13/h3-10,12H,2,11H2,1H3. The van der Waals surface area contributed by atoms with Gasteiger partial charge in [-0.3, -0.25) is 4.99 Å². The van der Waals surface area contributed by atoms with Crippen LogP contribution in [-0.2, 0) is 13.0 Å². The van der Waals surface area contributed by atoms with Crippen molar-refractivity contribution >= 4 is 28.9 Å². The van der Waals surface area contributed by atoms with Gasteiger partial charge < -0.3 is 4.57 Å². The summed E-state index contributed by atoms with van der Waals surface area (Å²) in [5.41, 5.74) is 6.40. The average molecular weight is 355 g/mol. The quantitative estimate of drug-likeness (QED) is 0.561. The summed E-state index contributed by atoms with van der Waals surface area (Å²) in [4.78, 5) is 4.88. The highest BCUT2D eigenvalue weighted by atomic mass is 35.5. The maximum absolute atomic E-state index is 6.43. The fraction of sp³-hybridized carbons (Fsp3) is 0.150. The van der Waals surface area contributed by atoms with Gasteiger partial charge in [0, 0.05) is 33.1 Å². The van der Waals surface area contributed by atoms with Gasteiger partial charge in [0.2, 0.25) is 0 Å². The summed E-state index contributed by atoms with van der Waals surface area (Å²) in [5.74, 6) is 0. The van der Waals surface area contributed by atoms with Crippen LogP contribution >= 0.6 is 23.2 Å². The highest BCUT2D eigenvalue weighted by Crippen LogP contribution is 2.31. The molecule has 4 heteroatoms. The first-order valence-electron chi connectivity index (χ1n) is 7.97. The minimum absolute atomic E-state index is 0.618. The Bertz CT molecular complexity index is 954. The minimum atomic E-state index is 0.618. The van der Waals surface area contributed by atoms with Crippen LogP contribution in [0.15, 0.2) is 59.7 Å². The molecule has 0 saturated carbocycles. The second-order valence-electron chi connectivity index (χ2n) is 5.87. The molecule has 4 rings (SSSR count). The molecule has 120 valence electrons. The molecule has 0 N–H and O–H groups in total. The summed E-state index contributed by atoms with van der Waals surface area (Å²) in [6.07, 6.45) is 3.19. The van der Waals surface area contributed by atoms with Gasteiger partial charge in [0.15, 0.2) is 0 Å². The van der Waals surface area contributed by atoms with Crippen LogP contribution in [0.1, 0.15) is 29.3 Å². The number of benzene rings is 2. The Hall–Kier alpha value is -2.03. The second-order valence-corrected chi connectivity index (χ2v) is 6.71. The van der Waals surface area contributed by atoms with Crippen LogP contribution in [0.3, 0.4) is 0 Å². The number of aliphatic imine (C=N–C) groups is 1. The summed E-state index contributed by atoms with van der Waals surface area (Å²) in [7, 11) is 0. The van der Waals surface area contributed by atoms with E-state index in [0.717, 1.165) is 28.9 Å². The molecule has 0 radical (unpaired) electrons. The van der Waals surface area contributed by atoms with Crippen LogP contribution in [0.25, 0.3) is 5.69 Å². The monoisotopic (exact) mass is 354 g/mol. The third-order valence-corrected chi connectivity index (χ3v) is 4.93. The molecule has 0 spiro atoms. The number of nitrogens with zero attached hydrogens (tertiary/aromatic N) is 2. The van der Waals surface area contributed by atoms with Gasteiger partial charge in [-0.1, -0.05) is 48.3 Å². The van der Waals surface area contributed by atoms with E-state index < -0.39 is 0 Å². The molecule has 0 aliphatic carbocycles. The lowest BCUT2D eigenvalue weighted by Crippen LogP contribution is -2.07. The summed E-state index contributed by atoms with van der Waals surface area (Å²) >= 11 is 12.7.